The van der Waals surface area contributed by atoms with E-state index in [4.69, 9.17) is 4.74 Å². The first-order valence-electron chi connectivity index (χ1n) is 6.00. The van der Waals surface area contributed by atoms with Gasteiger partial charge in [-0.3, -0.25) is 0 Å². The van der Waals surface area contributed by atoms with Crippen LogP contribution in [0.4, 0.5) is 0 Å². The minimum atomic E-state index is -0.0709. The summed E-state index contributed by atoms with van der Waals surface area (Å²) < 4.78 is 5.65. The Morgan fingerprint density at radius 3 is 2.44 bits per heavy atom. The minimum Gasteiger partial charge on any atom is -0.490 e. The standard InChI is InChI=1S/C16H14O2/c17-10-15-16(12-6-2-1-3-7-12)14-9-5-4-8-13(14)11-18-15/h1-9,17H,10-11H2. The quantitative estimate of drug-likeness (QED) is 0.871. The molecule has 2 heteroatoms. The predicted octanol–water partition coefficient (Wildman–Crippen LogP) is 2.97. The highest BCUT2D eigenvalue weighted by molar-refractivity contribution is 5.83. The van der Waals surface area contributed by atoms with Crippen LogP contribution in [0, 0.1) is 0 Å². The molecule has 0 unspecified atom stereocenters. The van der Waals surface area contributed by atoms with Crippen molar-refractivity contribution in [1.82, 2.24) is 0 Å². The number of hydrogen-bond donors (Lipinski definition) is 1. The number of fused-ring (bicyclic) bond motifs is 1. The van der Waals surface area contributed by atoms with Crippen molar-refractivity contribution in [3.63, 3.8) is 0 Å². The molecule has 0 atom stereocenters. The fourth-order valence-electron chi connectivity index (χ4n) is 2.32. The van der Waals surface area contributed by atoms with E-state index in [0.717, 1.165) is 22.3 Å². The zero-order chi connectivity index (χ0) is 12.4. The maximum absolute atomic E-state index is 9.47. The van der Waals surface area contributed by atoms with Crippen LogP contribution in [0.5, 0.6) is 0 Å². The van der Waals surface area contributed by atoms with Crippen LogP contribution in [-0.2, 0) is 11.3 Å². The van der Waals surface area contributed by atoms with Crippen molar-refractivity contribution in [2.45, 2.75) is 6.61 Å². The van der Waals surface area contributed by atoms with E-state index in [1.54, 1.807) is 0 Å². The number of hydrogen-bond acceptors (Lipinski definition) is 2. The molecule has 0 aromatic heterocycles. The molecule has 1 aliphatic rings. The Bertz CT molecular complexity index is 585. The van der Waals surface area contributed by atoms with Gasteiger partial charge in [-0.05, 0) is 16.7 Å². The summed E-state index contributed by atoms with van der Waals surface area (Å²) in [5.74, 6) is 0.653. The molecule has 1 heterocycles. The van der Waals surface area contributed by atoms with Crippen LogP contribution < -0.4 is 0 Å². The molecule has 0 radical (unpaired) electrons. The molecule has 0 bridgehead atoms. The summed E-state index contributed by atoms with van der Waals surface area (Å²) >= 11 is 0. The van der Waals surface area contributed by atoms with E-state index in [0.29, 0.717) is 12.4 Å². The van der Waals surface area contributed by atoms with Gasteiger partial charge in [-0.1, -0.05) is 54.6 Å². The molecular weight excluding hydrogens is 224 g/mol. The van der Waals surface area contributed by atoms with Crippen molar-refractivity contribution in [3.05, 3.63) is 77.0 Å². The van der Waals surface area contributed by atoms with Gasteiger partial charge < -0.3 is 9.84 Å². The van der Waals surface area contributed by atoms with Crippen molar-refractivity contribution in [2.75, 3.05) is 6.61 Å². The summed E-state index contributed by atoms with van der Waals surface area (Å²) in [5.41, 5.74) is 4.39. The molecule has 0 spiro atoms. The molecule has 18 heavy (non-hydrogen) atoms. The van der Waals surface area contributed by atoms with Crippen molar-refractivity contribution < 1.29 is 9.84 Å². The van der Waals surface area contributed by atoms with Crippen molar-refractivity contribution in [1.29, 1.82) is 0 Å². The van der Waals surface area contributed by atoms with Crippen molar-refractivity contribution in [3.8, 4) is 0 Å². The van der Waals surface area contributed by atoms with Gasteiger partial charge in [0.25, 0.3) is 0 Å². The second-order valence-electron chi connectivity index (χ2n) is 4.27. The van der Waals surface area contributed by atoms with E-state index in [1.165, 1.54) is 0 Å². The van der Waals surface area contributed by atoms with Crippen LogP contribution in [0.25, 0.3) is 5.57 Å². The molecule has 0 amide bonds. The second-order valence-corrected chi connectivity index (χ2v) is 4.27. The monoisotopic (exact) mass is 238 g/mol. The highest BCUT2D eigenvalue weighted by Crippen LogP contribution is 2.34. The van der Waals surface area contributed by atoms with Crippen LogP contribution in [-0.4, -0.2) is 11.7 Å². The summed E-state index contributed by atoms with van der Waals surface area (Å²) in [4.78, 5) is 0. The molecule has 2 nitrogen and oxygen atoms in total. The Kier molecular flexibility index (Phi) is 2.87. The molecular formula is C16H14O2. The molecule has 1 aliphatic heterocycles. The van der Waals surface area contributed by atoms with E-state index in [9.17, 15) is 5.11 Å². The molecule has 0 saturated heterocycles. The Labute approximate surface area is 106 Å². The predicted molar refractivity (Wildman–Crippen MR) is 70.8 cm³/mol. The minimum absolute atomic E-state index is 0.0709. The summed E-state index contributed by atoms with van der Waals surface area (Å²) in [5, 5.41) is 9.47. The molecule has 0 aliphatic carbocycles. The van der Waals surface area contributed by atoms with E-state index < -0.39 is 0 Å². The van der Waals surface area contributed by atoms with E-state index >= 15 is 0 Å². The lowest BCUT2D eigenvalue weighted by Gasteiger charge is -2.23. The third-order valence-electron chi connectivity index (χ3n) is 3.17. The van der Waals surface area contributed by atoms with Gasteiger partial charge in [0.15, 0.2) is 0 Å². The van der Waals surface area contributed by atoms with Crippen LogP contribution in [0.2, 0.25) is 0 Å². The summed E-state index contributed by atoms with van der Waals surface area (Å²) in [6.45, 7) is 0.459. The highest BCUT2D eigenvalue weighted by atomic mass is 16.5. The molecule has 2 aromatic rings. The number of rotatable bonds is 2. The maximum Gasteiger partial charge on any atom is 0.130 e. The zero-order valence-electron chi connectivity index (χ0n) is 9.97. The van der Waals surface area contributed by atoms with Gasteiger partial charge in [0.2, 0.25) is 0 Å². The molecule has 2 aromatic carbocycles. The molecule has 3 rings (SSSR count). The zero-order valence-corrected chi connectivity index (χ0v) is 9.97. The molecule has 1 N–H and O–H groups in total. The summed E-state index contributed by atoms with van der Waals surface area (Å²) in [7, 11) is 0. The first-order valence-corrected chi connectivity index (χ1v) is 6.00. The Morgan fingerprint density at radius 2 is 1.67 bits per heavy atom. The lowest BCUT2D eigenvalue weighted by atomic mass is 9.91. The van der Waals surface area contributed by atoms with Gasteiger partial charge in [-0.15, -0.1) is 0 Å². The first kappa shape index (κ1) is 11.1. The lowest BCUT2D eigenvalue weighted by Crippen LogP contribution is -2.11. The van der Waals surface area contributed by atoms with E-state index in [-0.39, 0.29) is 6.61 Å². The van der Waals surface area contributed by atoms with Gasteiger partial charge in [0.05, 0.1) is 0 Å². The van der Waals surface area contributed by atoms with Crippen molar-refractivity contribution >= 4 is 5.57 Å². The Balaban J connectivity index is 2.22. The van der Waals surface area contributed by atoms with Crippen LogP contribution in [0.15, 0.2) is 60.4 Å². The third-order valence-corrected chi connectivity index (χ3v) is 3.17. The normalized spacial score (nSPS) is 14.1. The molecule has 0 fully saturated rings. The second kappa shape index (κ2) is 4.67. The summed E-state index contributed by atoms with van der Waals surface area (Å²) in [6.07, 6.45) is 0. The van der Waals surface area contributed by atoms with Gasteiger partial charge >= 0.3 is 0 Å². The van der Waals surface area contributed by atoms with Gasteiger partial charge in [-0.25, -0.2) is 0 Å². The van der Waals surface area contributed by atoms with Crippen molar-refractivity contribution in [2.24, 2.45) is 0 Å². The summed E-state index contributed by atoms with van der Waals surface area (Å²) in [6, 6.07) is 18.2. The number of aliphatic hydroxyl groups is 1. The third kappa shape index (κ3) is 1.81. The Hall–Kier alpha value is -2.06. The topological polar surface area (TPSA) is 29.5 Å². The van der Waals surface area contributed by atoms with Gasteiger partial charge in [-0.2, -0.15) is 0 Å². The lowest BCUT2D eigenvalue weighted by molar-refractivity contribution is 0.148. The van der Waals surface area contributed by atoms with Gasteiger partial charge in [0.1, 0.15) is 19.0 Å². The fraction of sp³-hybridized carbons (Fsp3) is 0.125. The SMILES string of the molecule is OCC1=C(c2ccccc2)c2ccccc2CO1. The van der Waals surface area contributed by atoms with E-state index in [1.807, 2.05) is 42.5 Å². The van der Waals surface area contributed by atoms with E-state index in [2.05, 4.69) is 12.1 Å². The number of aliphatic hydroxyl groups excluding tert-OH is 1. The van der Waals surface area contributed by atoms with Crippen LogP contribution in [0.1, 0.15) is 16.7 Å². The number of benzene rings is 2. The van der Waals surface area contributed by atoms with Gasteiger partial charge in [0, 0.05) is 5.57 Å². The maximum atomic E-state index is 9.47. The van der Waals surface area contributed by atoms with Crippen LogP contribution in [0.3, 0.4) is 0 Å². The Morgan fingerprint density at radius 1 is 0.944 bits per heavy atom. The smallest absolute Gasteiger partial charge is 0.130 e. The molecule has 90 valence electrons. The average molecular weight is 238 g/mol. The number of ether oxygens (including phenoxy) is 1. The largest absolute Gasteiger partial charge is 0.490 e. The average Bonchev–Trinajstić information content (AvgIpc) is 2.47. The van der Waals surface area contributed by atoms with Crippen LogP contribution >= 0.6 is 0 Å². The highest BCUT2D eigenvalue weighted by Gasteiger charge is 2.20. The molecule has 0 saturated carbocycles. The first-order chi connectivity index (χ1) is 8.90. The fourth-order valence-corrected chi connectivity index (χ4v) is 2.32.